The minimum atomic E-state index is -0.503. The Hall–Kier alpha value is -0.830. The van der Waals surface area contributed by atoms with Crippen LogP contribution >= 0.6 is 0 Å². The molecule has 1 aromatic heterocycles. The first-order chi connectivity index (χ1) is 8.02. The maximum absolute atomic E-state index is 10.7. The summed E-state index contributed by atoms with van der Waals surface area (Å²) in [6.07, 6.45) is 5.03. The van der Waals surface area contributed by atoms with E-state index in [2.05, 4.69) is 25.0 Å². The highest BCUT2D eigenvalue weighted by Crippen LogP contribution is 2.34. The van der Waals surface area contributed by atoms with Gasteiger partial charge < -0.3 is 5.11 Å². The molecule has 0 saturated heterocycles. The molecule has 0 aliphatic heterocycles. The average molecular weight is 236 g/mol. The number of aromatic nitrogens is 2. The summed E-state index contributed by atoms with van der Waals surface area (Å²) in [4.78, 5) is 0. The van der Waals surface area contributed by atoms with Crippen molar-refractivity contribution in [2.75, 3.05) is 0 Å². The average Bonchev–Trinajstić information content (AvgIpc) is 2.57. The molecule has 2 rings (SSSR count). The Morgan fingerprint density at radius 3 is 3.00 bits per heavy atom. The van der Waals surface area contributed by atoms with E-state index in [1.54, 1.807) is 0 Å². The van der Waals surface area contributed by atoms with Crippen LogP contribution in [0.3, 0.4) is 0 Å². The highest BCUT2D eigenvalue weighted by Gasteiger charge is 2.33. The lowest BCUT2D eigenvalue weighted by atomic mass is 9.76. The SMILES string of the molecule is CCn1nc(C)cc1CC1(O)CCCC(C)C1. The molecule has 1 aromatic rings. The number of hydrogen-bond acceptors (Lipinski definition) is 2. The van der Waals surface area contributed by atoms with Gasteiger partial charge in [0, 0.05) is 18.7 Å². The third-order valence-electron chi connectivity index (χ3n) is 3.86. The lowest BCUT2D eigenvalue weighted by Gasteiger charge is -2.35. The van der Waals surface area contributed by atoms with E-state index in [-0.39, 0.29) is 0 Å². The fraction of sp³-hybridized carbons (Fsp3) is 0.786. The van der Waals surface area contributed by atoms with Gasteiger partial charge in [0.15, 0.2) is 0 Å². The molecular formula is C14H24N2O. The van der Waals surface area contributed by atoms with E-state index in [0.29, 0.717) is 5.92 Å². The molecule has 0 amide bonds. The molecule has 1 N–H and O–H groups in total. The minimum Gasteiger partial charge on any atom is -0.389 e. The molecule has 1 fully saturated rings. The summed E-state index contributed by atoms with van der Waals surface area (Å²) in [6.45, 7) is 7.24. The van der Waals surface area contributed by atoms with Crippen LogP contribution < -0.4 is 0 Å². The van der Waals surface area contributed by atoms with Gasteiger partial charge in [0.05, 0.1) is 11.3 Å². The monoisotopic (exact) mass is 236 g/mol. The summed E-state index contributed by atoms with van der Waals surface area (Å²) in [6, 6.07) is 2.11. The summed E-state index contributed by atoms with van der Waals surface area (Å²) in [5.74, 6) is 0.646. The molecule has 2 unspecified atom stereocenters. The quantitative estimate of drug-likeness (QED) is 0.876. The van der Waals surface area contributed by atoms with E-state index in [0.717, 1.165) is 37.9 Å². The molecule has 0 aromatic carbocycles. The van der Waals surface area contributed by atoms with Crippen LogP contribution in [0.1, 0.15) is 50.9 Å². The first-order valence-electron chi connectivity index (χ1n) is 6.78. The second-order valence-corrected chi connectivity index (χ2v) is 5.70. The van der Waals surface area contributed by atoms with E-state index >= 15 is 0 Å². The van der Waals surface area contributed by atoms with E-state index in [4.69, 9.17) is 0 Å². The normalized spacial score (nSPS) is 29.5. The van der Waals surface area contributed by atoms with E-state index in [1.165, 1.54) is 12.1 Å². The van der Waals surface area contributed by atoms with Crippen molar-refractivity contribution < 1.29 is 5.11 Å². The molecule has 1 aliphatic rings. The smallest absolute Gasteiger partial charge is 0.0705 e. The third-order valence-corrected chi connectivity index (χ3v) is 3.86. The van der Waals surface area contributed by atoms with Crippen LogP contribution in [-0.2, 0) is 13.0 Å². The van der Waals surface area contributed by atoms with Crippen LogP contribution in [0.2, 0.25) is 0 Å². The Morgan fingerprint density at radius 2 is 2.35 bits per heavy atom. The van der Waals surface area contributed by atoms with Gasteiger partial charge in [-0.15, -0.1) is 0 Å². The van der Waals surface area contributed by atoms with Gasteiger partial charge in [-0.3, -0.25) is 4.68 Å². The predicted octanol–water partition coefficient (Wildman–Crippen LogP) is 2.70. The van der Waals surface area contributed by atoms with Gasteiger partial charge in [0.1, 0.15) is 0 Å². The molecule has 1 aliphatic carbocycles. The van der Waals surface area contributed by atoms with Gasteiger partial charge >= 0.3 is 0 Å². The first kappa shape index (κ1) is 12.6. The number of aryl methyl sites for hydroxylation is 2. The van der Waals surface area contributed by atoms with Crippen molar-refractivity contribution in [2.45, 2.75) is 65.0 Å². The zero-order valence-electron chi connectivity index (χ0n) is 11.2. The summed E-state index contributed by atoms with van der Waals surface area (Å²) in [7, 11) is 0. The molecule has 1 saturated carbocycles. The van der Waals surface area contributed by atoms with Crippen molar-refractivity contribution in [3.05, 3.63) is 17.5 Å². The van der Waals surface area contributed by atoms with Crippen LogP contribution in [0, 0.1) is 12.8 Å². The summed E-state index contributed by atoms with van der Waals surface area (Å²) in [5.41, 5.74) is 1.73. The Morgan fingerprint density at radius 1 is 1.59 bits per heavy atom. The molecule has 2 atom stereocenters. The summed E-state index contributed by atoms with van der Waals surface area (Å²) in [5, 5.41) is 15.1. The Labute approximate surface area is 104 Å². The van der Waals surface area contributed by atoms with Crippen LogP contribution in [0.15, 0.2) is 6.07 Å². The zero-order valence-corrected chi connectivity index (χ0v) is 11.2. The lowest BCUT2D eigenvalue weighted by Crippen LogP contribution is -2.37. The lowest BCUT2D eigenvalue weighted by molar-refractivity contribution is -0.0139. The molecule has 0 radical (unpaired) electrons. The van der Waals surface area contributed by atoms with Crippen molar-refractivity contribution in [3.63, 3.8) is 0 Å². The van der Waals surface area contributed by atoms with Gasteiger partial charge in [-0.1, -0.05) is 19.8 Å². The number of hydrogen-bond donors (Lipinski definition) is 1. The fourth-order valence-corrected chi connectivity index (χ4v) is 3.15. The van der Waals surface area contributed by atoms with Crippen molar-refractivity contribution in [1.82, 2.24) is 9.78 Å². The molecule has 0 bridgehead atoms. The molecule has 0 spiro atoms. The van der Waals surface area contributed by atoms with Crippen LogP contribution in [0.4, 0.5) is 0 Å². The highest BCUT2D eigenvalue weighted by molar-refractivity contribution is 5.12. The molecular weight excluding hydrogens is 212 g/mol. The van der Waals surface area contributed by atoms with Crippen molar-refractivity contribution >= 4 is 0 Å². The fourth-order valence-electron chi connectivity index (χ4n) is 3.15. The zero-order chi connectivity index (χ0) is 12.5. The van der Waals surface area contributed by atoms with E-state index in [1.807, 2.05) is 11.6 Å². The van der Waals surface area contributed by atoms with Crippen LogP contribution in [0.5, 0.6) is 0 Å². The molecule has 17 heavy (non-hydrogen) atoms. The Kier molecular flexibility index (Phi) is 3.57. The van der Waals surface area contributed by atoms with Gasteiger partial charge in [0.25, 0.3) is 0 Å². The molecule has 3 nitrogen and oxygen atoms in total. The second-order valence-electron chi connectivity index (χ2n) is 5.70. The van der Waals surface area contributed by atoms with Gasteiger partial charge in [-0.05, 0) is 38.7 Å². The highest BCUT2D eigenvalue weighted by atomic mass is 16.3. The van der Waals surface area contributed by atoms with Crippen molar-refractivity contribution in [1.29, 1.82) is 0 Å². The van der Waals surface area contributed by atoms with Gasteiger partial charge in [0.2, 0.25) is 0 Å². The van der Waals surface area contributed by atoms with Crippen molar-refractivity contribution in [3.8, 4) is 0 Å². The molecule has 1 heterocycles. The number of aliphatic hydroxyl groups is 1. The maximum Gasteiger partial charge on any atom is 0.0705 e. The summed E-state index contributed by atoms with van der Waals surface area (Å²) < 4.78 is 2.02. The first-order valence-corrected chi connectivity index (χ1v) is 6.78. The molecule has 96 valence electrons. The standard InChI is InChI=1S/C14H24N2O/c1-4-16-13(8-12(3)15-16)10-14(17)7-5-6-11(2)9-14/h8,11,17H,4-7,9-10H2,1-3H3. The van der Waals surface area contributed by atoms with Crippen LogP contribution in [0.25, 0.3) is 0 Å². The maximum atomic E-state index is 10.7. The largest absolute Gasteiger partial charge is 0.389 e. The minimum absolute atomic E-state index is 0.503. The number of nitrogens with zero attached hydrogens (tertiary/aromatic N) is 2. The molecule has 3 heteroatoms. The Balaban J connectivity index is 2.13. The van der Waals surface area contributed by atoms with E-state index in [9.17, 15) is 5.11 Å². The second kappa shape index (κ2) is 4.81. The topological polar surface area (TPSA) is 38.0 Å². The van der Waals surface area contributed by atoms with Gasteiger partial charge in [-0.25, -0.2) is 0 Å². The predicted molar refractivity (Wildman–Crippen MR) is 68.9 cm³/mol. The van der Waals surface area contributed by atoms with Crippen LogP contribution in [-0.4, -0.2) is 20.5 Å². The number of rotatable bonds is 3. The third kappa shape index (κ3) is 2.89. The van der Waals surface area contributed by atoms with Gasteiger partial charge in [-0.2, -0.15) is 5.10 Å². The summed E-state index contributed by atoms with van der Waals surface area (Å²) >= 11 is 0. The van der Waals surface area contributed by atoms with Crippen molar-refractivity contribution in [2.24, 2.45) is 5.92 Å². The van der Waals surface area contributed by atoms with E-state index < -0.39 is 5.60 Å². The Bertz CT molecular complexity index is 386.